The number of hydrogen-bond acceptors (Lipinski definition) is 2. The van der Waals surface area contributed by atoms with E-state index in [9.17, 15) is 0 Å². The fraction of sp³-hybridized carbons (Fsp3) is 0.125. The van der Waals surface area contributed by atoms with Crippen molar-refractivity contribution < 1.29 is 0 Å². The largest absolute Gasteiger partial charge is 0.324 e. The molecule has 0 aliphatic rings. The second-order valence-electron chi connectivity index (χ2n) is 4.52. The molecule has 1 atom stereocenters. The van der Waals surface area contributed by atoms with Gasteiger partial charge in [0.25, 0.3) is 0 Å². The van der Waals surface area contributed by atoms with Gasteiger partial charge in [0.05, 0.1) is 0 Å². The quantitative estimate of drug-likeness (QED) is 0.710. The Kier molecular flexibility index (Phi) is 2.90. The van der Waals surface area contributed by atoms with E-state index in [1.807, 2.05) is 6.92 Å². The molecule has 1 unspecified atom stereocenters. The van der Waals surface area contributed by atoms with Crippen LogP contribution in [0.3, 0.4) is 0 Å². The summed E-state index contributed by atoms with van der Waals surface area (Å²) < 4.78 is 0. The Morgan fingerprint density at radius 2 is 1.72 bits per heavy atom. The van der Waals surface area contributed by atoms with E-state index in [2.05, 4.69) is 54.6 Å². The Balaban J connectivity index is 2.18. The second-order valence-corrected chi connectivity index (χ2v) is 5.63. The summed E-state index contributed by atoms with van der Waals surface area (Å²) in [6, 6.07) is 19.4. The molecule has 0 fully saturated rings. The highest BCUT2D eigenvalue weighted by molar-refractivity contribution is 7.15. The van der Waals surface area contributed by atoms with Gasteiger partial charge in [0.2, 0.25) is 0 Å². The lowest BCUT2D eigenvalue weighted by Crippen LogP contribution is -2.01. The summed E-state index contributed by atoms with van der Waals surface area (Å²) in [7, 11) is 0. The van der Waals surface area contributed by atoms with Crippen molar-refractivity contribution >= 4 is 22.1 Å². The third-order valence-corrected chi connectivity index (χ3v) is 4.45. The first-order chi connectivity index (χ1) is 8.75. The summed E-state index contributed by atoms with van der Waals surface area (Å²) in [6.07, 6.45) is 0. The molecule has 0 saturated carbocycles. The summed E-state index contributed by atoms with van der Waals surface area (Å²) in [4.78, 5) is 2.53. The molecule has 2 heteroatoms. The predicted octanol–water partition coefficient (Wildman–Crippen LogP) is 4.59. The van der Waals surface area contributed by atoms with Gasteiger partial charge in [-0.1, -0.05) is 42.5 Å². The molecule has 0 bridgehead atoms. The van der Waals surface area contributed by atoms with Gasteiger partial charge in [0.1, 0.15) is 0 Å². The zero-order valence-electron chi connectivity index (χ0n) is 10.3. The lowest BCUT2D eigenvalue weighted by molar-refractivity contribution is 0.838. The Labute approximate surface area is 111 Å². The molecule has 0 aliphatic heterocycles. The van der Waals surface area contributed by atoms with E-state index in [1.54, 1.807) is 11.3 Å². The van der Waals surface area contributed by atoms with Gasteiger partial charge in [0.15, 0.2) is 0 Å². The predicted molar refractivity (Wildman–Crippen MR) is 79.9 cm³/mol. The molecular weight excluding hydrogens is 238 g/mol. The molecule has 18 heavy (non-hydrogen) atoms. The minimum atomic E-state index is 0.110. The van der Waals surface area contributed by atoms with Crippen LogP contribution >= 0.6 is 11.3 Å². The van der Waals surface area contributed by atoms with Crippen molar-refractivity contribution in [2.75, 3.05) is 0 Å². The van der Waals surface area contributed by atoms with Crippen LogP contribution in [0.25, 0.3) is 21.2 Å². The zero-order valence-corrected chi connectivity index (χ0v) is 11.1. The molecule has 0 spiro atoms. The molecule has 0 radical (unpaired) electrons. The summed E-state index contributed by atoms with van der Waals surface area (Å²) in [5.74, 6) is 0. The monoisotopic (exact) mass is 253 g/mol. The topological polar surface area (TPSA) is 26.0 Å². The van der Waals surface area contributed by atoms with E-state index in [0.29, 0.717) is 0 Å². The van der Waals surface area contributed by atoms with E-state index >= 15 is 0 Å². The Morgan fingerprint density at radius 3 is 2.50 bits per heavy atom. The number of rotatable bonds is 2. The lowest BCUT2D eigenvalue weighted by Gasteiger charge is -2.04. The van der Waals surface area contributed by atoms with Crippen LogP contribution in [0, 0.1) is 0 Å². The third-order valence-electron chi connectivity index (χ3n) is 3.13. The molecule has 0 amide bonds. The third kappa shape index (κ3) is 1.94. The van der Waals surface area contributed by atoms with Crippen LogP contribution in [-0.2, 0) is 0 Å². The van der Waals surface area contributed by atoms with E-state index in [-0.39, 0.29) is 6.04 Å². The fourth-order valence-electron chi connectivity index (χ4n) is 2.18. The number of benzene rings is 2. The first-order valence-electron chi connectivity index (χ1n) is 6.09. The highest BCUT2D eigenvalue weighted by Crippen LogP contribution is 2.34. The highest BCUT2D eigenvalue weighted by atomic mass is 32.1. The minimum Gasteiger partial charge on any atom is -0.324 e. The molecule has 2 aromatic carbocycles. The van der Waals surface area contributed by atoms with E-state index in [1.165, 1.54) is 26.1 Å². The van der Waals surface area contributed by atoms with Crippen molar-refractivity contribution in [1.29, 1.82) is 0 Å². The molecule has 0 saturated heterocycles. The van der Waals surface area contributed by atoms with Gasteiger partial charge in [-0.15, -0.1) is 11.3 Å². The van der Waals surface area contributed by atoms with Crippen molar-refractivity contribution in [2.45, 2.75) is 13.0 Å². The first kappa shape index (κ1) is 11.5. The zero-order chi connectivity index (χ0) is 12.5. The molecule has 90 valence electrons. The summed E-state index contributed by atoms with van der Waals surface area (Å²) in [5, 5.41) is 2.59. The number of fused-ring (bicyclic) bond motifs is 1. The van der Waals surface area contributed by atoms with Crippen LogP contribution in [0.15, 0.2) is 54.6 Å². The Morgan fingerprint density at radius 1 is 0.944 bits per heavy atom. The molecular formula is C16H15NS. The van der Waals surface area contributed by atoms with Gasteiger partial charge in [-0.05, 0) is 35.4 Å². The molecule has 1 aromatic heterocycles. The number of thiophene rings is 1. The van der Waals surface area contributed by atoms with Crippen molar-refractivity contribution in [3.8, 4) is 10.4 Å². The normalized spacial score (nSPS) is 12.8. The SMILES string of the molecule is CC(N)c1ccc(-c2cccc3ccccc23)s1. The van der Waals surface area contributed by atoms with Crippen molar-refractivity contribution in [3.63, 3.8) is 0 Å². The minimum absolute atomic E-state index is 0.110. The number of nitrogens with two attached hydrogens (primary N) is 1. The second kappa shape index (κ2) is 4.56. The average Bonchev–Trinajstić information content (AvgIpc) is 2.87. The van der Waals surface area contributed by atoms with E-state index in [4.69, 9.17) is 5.73 Å². The van der Waals surface area contributed by atoms with Gasteiger partial charge < -0.3 is 5.73 Å². The Bertz CT molecular complexity index is 677. The highest BCUT2D eigenvalue weighted by Gasteiger charge is 2.08. The fourth-order valence-corrected chi connectivity index (χ4v) is 3.18. The maximum Gasteiger partial charge on any atom is 0.0361 e. The van der Waals surface area contributed by atoms with Crippen LogP contribution in [0.4, 0.5) is 0 Å². The molecule has 3 aromatic rings. The molecule has 3 rings (SSSR count). The van der Waals surface area contributed by atoms with Crippen molar-refractivity contribution in [2.24, 2.45) is 5.73 Å². The summed E-state index contributed by atoms with van der Waals surface area (Å²) in [6.45, 7) is 2.03. The van der Waals surface area contributed by atoms with Crippen molar-refractivity contribution in [1.82, 2.24) is 0 Å². The maximum atomic E-state index is 5.93. The maximum absolute atomic E-state index is 5.93. The van der Waals surface area contributed by atoms with Crippen LogP contribution in [0.5, 0.6) is 0 Å². The first-order valence-corrected chi connectivity index (χ1v) is 6.91. The van der Waals surface area contributed by atoms with Crippen LogP contribution in [-0.4, -0.2) is 0 Å². The van der Waals surface area contributed by atoms with Gasteiger partial charge in [0, 0.05) is 15.8 Å². The molecule has 0 aliphatic carbocycles. The van der Waals surface area contributed by atoms with Crippen LogP contribution in [0.1, 0.15) is 17.8 Å². The lowest BCUT2D eigenvalue weighted by atomic mass is 10.0. The molecule has 1 heterocycles. The van der Waals surface area contributed by atoms with E-state index < -0.39 is 0 Å². The van der Waals surface area contributed by atoms with E-state index in [0.717, 1.165) is 0 Å². The van der Waals surface area contributed by atoms with Gasteiger partial charge in [-0.25, -0.2) is 0 Å². The standard InChI is InChI=1S/C16H15NS/c1-11(17)15-9-10-16(18-15)14-8-4-6-12-5-2-3-7-13(12)14/h2-11H,17H2,1H3. The molecule has 2 N–H and O–H groups in total. The van der Waals surface area contributed by atoms with Gasteiger partial charge in [-0.2, -0.15) is 0 Å². The summed E-state index contributed by atoms with van der Waals surface area (Å²) >= 11 is 1.78. The summed E-state index contributed by atoms with van der Waals surface area (Å²) in [5.41, 5.74) is 7.22. The van der Waals surface area contributed by atoms with Gasteiger partial charge >= 0.3 is 0 Å². The van der Waals surface area contributed by atoms with Crippen molar-refractivity contribution in [3.05, 3.63) is 59.5 Å². The Hall–Kier alpha value is -1.64. The smallest absolute Gasteiger partial charge is 0.0361 e. The molecule has 1 nitrogen and oxygen atoms in total. The van der Waals surface area contributed by atoms with Crippen LogP contribution < -0.4 is 5.73 Å². The number of hydrogen-bond donors (Lipinski definition) is 1. The van der Waals surface area contributed by atoms with Gasteiger partial charge in [-0.3, -0.25) is 0 Å². The average molecular weight is 253 g/mol. The van der Waals surface area contributed by atoms with Crippen LogP contribution in [0.2, 0.25) is 0 Å².